The Hall–Kier alpha value is -1.35. The predicted octanol–water partition coefficient (Wildman–Crippen LogP) is 4.24. The van der Waals surface area contributed by atoms with Crippen molar-refractivity contribution in [1.29, 1.82) is 0 Å². The molecule has 0 amide bonds. The van der Waals surface area contributed by atoms with Crippen LogP contribution < -0.4 is 5.32 Å². The molecular weight excluding hydrogens is 252 g/mol. The van der Waals surface area contributed by atoms with Gasteiger partial charge in [0.25, 0.3) is 0 Å². The fraction of sp³-hybridized carbons (Fsp3) is 0.438. The van der Waals surface area contributed by atoms with Gasteiger partial charge < -0.3 is 5.32 Å². The van der Waals surface area contributed by atoms with E-state index in [-0.39, 0.29) is 0 Å². The molecule has 1 aromatic heterocycles. The first-order valence-corrected chi connectivity index (χ1v) is 7.84. The van der Waals surface area contributed by atoms with E-state index in [0.717, 1.165) is 18.0 Å². The van der Waals surface area contributed by atoms with Crippen molar-refractivity contribution >= 4 is 16.5 Å². The number of nitrogens with zero attached hydrogens (tertiary/aromatic N) is 1. The van der Waals surface area contributed by atoms with E-state index in [4.69, 9.17) is 4.98 Å². The van der Waals surface area contributed by atoms with Crippen molar-refractivity contribution in [2.24, 2.45) is 0 Å². The number of anilines is 1. The van der Waals surface area contributed by atoms with E-state index in [2.05, 4.69) is 49.5 Å². The van der Waals surface area contributed by atoms with E-state index in [1.165, 1.54) is 22.6 Å². The normalized spacial score (nSPS) is 18.4. The minimum Gasteiger partial charge on any atom is -0.359 e. The lowest BCUT2D eigenvalue weighted by Crippen LogP contribution is -2.11. The zero-order chi connectivity index (χ0) is 13.2. The monoisotopic (exact) mass is 272 g/mol. The van der Waals surface area contributed by atoms with Gasteiger partial charge in [-0.25, -0.2) is 4.98 Å². The molecule has 1 heterocycles. The topological polar surface area (TPSA) is 24.9 Å². The Labute approximate surface area is 118 Å². The molecule has 0 radical (unpaired) electrons. The van der Waals surface area contributed by atoms with Crippen molar-refractivity contribution in [3.05, 3.63) is 46.5 Å². The zero-order valence-corrected chi connectivity index (χ0v) is 12.3. The molecule has 2 nitrogen and oxygen atoms in total. The van der Waals surface area contributed by atoms with Crippen LogP contribution in [-0.4, -0.2) is 11.0 Å². The first kappa shape index (κ1) is 12.7. The fourth-order valence-electron chi connectivity index (χ4n) is 2.69. The average Bonchev–Trinajstić information content (AvgIpc) is 2.79. The lowest BCUT2D eigenvalue weighted by molar-refractivity contribution is 0.584. The van der Waals surface area contributed by atoms with E-state index in [9.17, 15) is 0 Å². The van der Waals surface area contributed by atoms with Crippen LogP contribution in [0.2, 0.25) is 0 Å². The fourth-order valence-corrected chi connectivity index (χ4v) is 3.93. The molecule has 0 aliphatic heterocycles. The van der Waals surface area contributed by atoms with Crippen molar-refractivity contribution in [3.63, 3.8) is 0 Å². The second-order valence-corrected chi connectivity index (χ2v) is 6.62. The van der Waals surface area contributed by atoms with Crippen LogP contribution >= 0.6 is 11.3 Å². The van der Waals surface area contributed by atoms with Gasteiger partial charge in [0, 0.05) is 10.9 Å². The maximum absolute atomic E-state index is 4.73. The number of thiazole rings is 1. The van der Waals surface area contributed by atoms with Gasteiger partial charge in [0.15, 0.2) is 5.13 Å². The van der Waals surface area contributed by atoms with Crippen LogP contribution in [-0.2, 0) is 12.8 Å². The summed E-state index contributed by atoms with van der Waals surface area (Å²) in [6.07, 6.45) is 3.49. The van der Waals surface area contributed by atoms with Crippen LogP contribution in [0.25, 0.3) is 0 Å². The van der Waals surface area contributed by atoms with Gasteiger partial charge in [0.2, 0.25) is 0 Å². The lowest BCUT2D eigenvalue weighted by Gasteiger charge is -2.21. The Morgan fingerprint density at radius 3 is 2.79 bits per heavy atom. The predicted molar refractivity (Wildman–Crippen MR) is 82.1 cm³/mol. The number of nitrogens with one attached hydrogen (secondary N) is 1. The minimum atomic E-state index is 0.456. The number of rotatable bonds is 3. The molecule has 3 heteroatoms. The lowest BCUT2D eigenvalue weighted by atomic mass is 9.85. The highest BCUT2D eigenvalue weighted by Gasteiger charge is 2.23. The Morgan fingerprint density at radius 1 is 1.26 bits per heavy atom. The van der Waals surface area contributed by atoms with E-state index in [1.54, 1.807) is 0 Å². The van der Waals surface area contributed by atoms with Crippen LogP contribution in [0.1, 0.15) is 42.3 Å². The van der Waals surface area contributed by atoms with E-state index < -0.39 is 0 Å². The van der Waals surface area contributed by atoms with Crippen molar-refractivity contribution < 1.29 is 0 Å². The quantitative estimate of drug-likeness (QED) is 0.904. The van der Waals surface area contributed by atoms with Crippen LogP contribution in [0.4, 0.5) is 5.13 Å². The highest BCUT2D eigenvalue weighted by molar-refractivity contribution is 7.15. The van der Waals surface area contributed by atoms with Crippen molar-refractivity contribution in [3.8, 4) is 0 Å². The van der Waals surface area contributed by atoms with Gasteiger partial charge in [0.1, 0.15) is 0 Å². The van der Waals surface area contributed by atoms with E-state index >= 15 is 0 Å². The van der Waals surface area contributed by atoms with Gasteiger partial charge in [-0.15, -0.1) is 11.3 Å². The second kappa shape index (κ2) is 5.33. The third kappa shape index (κ3) is 2.81. The van der Waals surface area contributed by atoms with Gasteiger partial charge in [-0.2, -0.15) is 0 Å². The highest BCUT2D eigenvalue weighted by Crippen LogP contribution is 2.36. The summed E-state index contributed by atoms with van der Waals surface area (Å²) in [7, 11) is 0. The van der Waals surface area contributed by atoms with Crippen LogP contribution in [0.3, 0.4) is 0 Å². The van der Waals surface area contributed by atoms with Crippen molar-refractivity contribution in [2.75, 3.05) is 5.32 Å². The molecule has 0 spiro atoms. The van der Waals surface area contributed by atoms with Gasteiger partial charge >= 0.3 is 0 Å². The molecule has 0 fully saturated rings. The SMILES string of the molecule is CC(C)Nc1nc2c(s1)CC(c1ccccc1)CC2. The summed E-state index contributed by atoms with van der Waals surface area (Å²) in [6.45, 7) is 4.32. The molecule has 1 N–H and O–H groups in total. The summed E-state index contributed by atoms with van der Waals surface area (Å²) in [5, 5.41) is 4.52. The molecule has 0 saturated carbocycles. The molecule has 100 valence electrons. The number of aromatic nitrogens is 1. The zero-order valence-electron chi connectivity index (χ0n) is 11.5. The maximum atomic E-state index is 4.73. The molecule has 2 aromatic rings. The molecule has 1 atom stereocenters. The summed E-state index contributed by atoms with van der Waals surface area (Å²) in [4.78, 5) is 6.20. The number of fused-ring (bicyclic) bond motifs is 1. The van der Waals surface area contributed by atoms with E-state index in [1.807, 2.05) is 11.3 Å². The number of benzene rings is 1. The second-order valence-electron chi connectivity index (χ2n) is 5.54. The first-order valence-electron chi connectivity index (χ1n) is 7.02. The molecular formula is C16H20N2S. The molecule has 19 heavy (non-hydrogen) atoms. The average molecular weight is 272 g/mol. The highest BCUT2D eigenvalue weighted by atomic mass is 32.1. The van der Waals surface area contributed by atoms with Crippen molar-refractivity contribution in [1.82, 2.24) is 4.98 Å². The third-order valence-corrected chi connectivity index (χ3v) is 4.67. The Balaban J connectivity index is 1.78. The minimum absolute atomic E-state index is 0.456. The molecule has 1 unspecified atom stereocenters. The summed E-state index contributed by atoms with van der Waals surface area (Å²) < 4.78 is 0. The summed E-state index contributed by atoms with van der Waals surface area (Å²) >= 11 is 1.84. The van der Waals surface area contributed by atoms with Gasteiger partial charge in [-0.05, 0) is 44.6 Å². The molecule has 0 saturated heterocycles. The third-order valence-electron chi connectivity index (χ3n) is 3.62. The smallest absolute Gasteiger partial charge is 0.183 e. The summed E-state index contributed by atoms with van der Waals surface area (Å²) in [6, 6.07) is 11.3. The Kier molecular flexibility index (Phi) is 3.56. The van der Waals surface area contributed by atoms with Crippen molar-refractivity contribution in [2.45, 2.75) is 45.1 Å². The summed E-state index contributed by atoms with van der Waals surface area (Å²) in [5.74, 6) is 0.668. The number of hydrogen-bond acceptors (Lipinski definition) is 3. The van der Waals surface area contributed by atoms with Gasteiger partial charge in [-0.3, -0.25) is 0 Å². The molecule has 0 bridgehead atoms. The molecule has 1 aromatic carbocycles. The van der Waals surface area contributed by atoms with Gasteiger partial charge in [0.05, 0.1) is 5.69 Å². The maximum Gasteiger partial charge on any atom is 0.183 e. The number of aryl methyl sites for hydroxylation is 1. The molecule has 1 aliphatic carbocycles. The summed E-state index contributed by atoms with van der Waals surface area (Å²) in [5.41, 5.74) is 2.79. The molecule has 1 aliphatic rings. The van der Waals surface area contributed by atoms with Crippen LogP contribution in [0, 0.1) is 0 Å². The van der Waals surface area contributed by atoms with Crippen LogP contribution in [0.15, 0.2) is 30.3 Å². The Bertz CT molecular complexity index is 545. The van der Waals surface area contributed by atoms with Crippen LogP contribution in [0.5, 0.6) is 0 Å². The Morgan fingerprint density at radius 2 is 2.05 bits per heavy atom. The number of hydrogen-bond donors (Lipinski definition) is 1. The largest absolute Gasteiger partial charge is 0.359 e. The standard InChI is InChI=1S/C16H20N2S/c1-11(2)17-16-18-14-9-8-13(10-15(14)19-16)12-6-4-3-5-7-12/h3-7,11,13H,8-10H2,1-2H3,(H,17,18). The van der Waals surface area contributed by atoms with Gasteiger partial charge in [-0.1, -0.05) is 30.3 Å². The molecule has 3 rings (SSSR count). The van der Waals surface area contributed by atoms with E-state index in [0.29, 0.717) is 12.0 Å². The first-order chi connectivity index (χ1) is 9.22.